The van der Waals surface area contributed by atoms with Crippen molar-refractivity contribution < 1.29 is 18.7 Å². The molecule has 1 atom stereocenters. The molecular weight excluding hydrogens is 368 g/mol. The molecule has 3 N–H and O–H groups in total. The molecule has 146 valence electrons. The second-order valence-electron chi connectivity index (χ2n) is 7.44. The number of carbonyl (C=O) groups is 1. The summed E-state index contributed by atoms with van der Waals surface area (Å²) in [6.07, 6.45) is 6.30. The number of aromatic nitrogens is 4. The first-order valence-electron chi connectivity index (χ1n) is 8.99. The zero-order chi connectivity index (χ0) is 19.9. The average Bonchev–Trinajstić information content (AvgIpc) is 3.03. The van der Waals surface area contributed by atoms with Crippen molar-refractivity contribution in [2.24, 2.45) is 5.41 Å². The highest BCUT2D eigenvalue weighted by Gasteiger charge is 2.41. The number of halogens is 2. The smallest absolute Gasteiger partial charge is 0.305 e. The Labute approximate surface area is 159 Å². The number of carboxylic acids is 1. The summed E-state index contributed by atoms with van der Waals surface area (Å²) in [5.41, 5.74) is 0.711. The predicted octanol–water partition coefficient (Wildman–Crippen LogP) is 3.74. The van der Waals surface area contributed by atoms with Crippen LogP contribution in [0.25, 0.3) is 22.4 Å². The average molecular weight is 387 g/mol. The highest BCUT2D eigenvalue weighted by atomic mass is 19.1. The summed E-state index contributed by atoms with van der Waals surface area (Å²) >= 11 is 0. The highest BCUT2D eigenvalue weighted by Crippen LogP contribution is 2.45. The third-order valence-electron chi connectivity index (χ3n) is 5.51. The first kappa shape index (κ1) is 18.3. The number of rotatable bonds is 6. The Morgan fingerprint density at radius 2 is 2.14 bits per heavy atom. The van der Waals surface area contributed by atoms with Gasteiger partial charge in [0.05, 0.1) is 18.8 Å². The van der Waals surface area contributed by atoms with Crippen molar-refractivity contribution in [3.8, 4) is 11.4 Å². The van der Waals surface area contributed by atoms with Gasteiger partial charge in [-0.15, -0.1) is 0 Å². The molecule has 3 heterocycles. The van der Waals surface area contributed by atoms with Gasteiger partial charge in [-0.05, 0) is 24.3 Å². The summed E-state index contributed by atoms with van der Waals surface area (Å²) in [4.78, 5) is 26.4. The molecule has 1 aliphatic carbocycles. The lowest BCUT2D eigenvalue weighted by molar-refractivity contribution is -0.138. The zero-order valence-electron chi connectivity index (χ0n) is 15.2. The number of aliphatic carboxylic acids is 1. The van der Waals surface area contributed by atoms with Crippen molar-refractivity contribution in [1.29, 1.82) is 0 Å². The van der Waals surface area contributed by atoms with Crippen LogP contribution in [0.15, 0.2) is 24.7 Å². The second kappa shape index (κ2) is 6.81. The van der Waals surface area contributed by atoms with E-state index in [0.29, 0.717) is 16.6 Å². The molecular formula is C19H19F2N5O2. The first-order chi connectivity index (χ1) is 13.4. The van der Waals surface area contributed by atoms with Crippen molar-refractivity contribution in [2.75, 3.05) is 5.32 Å². The Morgan fingerprint density at radius 3 is 2.82 bits per heavy atom. The maximum atomic E-state index is 14.4. The third-order valence-corrected chi connectivity index (χ3v) is 5.51. The molecule has 0 radical (unpaired) electrons. The summed E-state index contributed by atoms with van der Waals surface area (Å²) in [5, 5.41) is 12.7. The van der Waals surface area contributed by atoms with Crippen molar-refractivity contribution >= 4 is 22.8 Å². The van der Waals surface area contributed by atoms with Crippen molar-refractivity contribution in [3.05, 3.63) is 36.3 Å². The van der Waals surface area contributed by atoms with E-state index in [9.17, 15) is 18.7 Å². The van der Waals surface area contributed by atoms with Crippen molar-refractivity contribution in [2.45, 2.75) is 38.6 Å². The number of fused-ring (bicyclic) bond motifs is 1. The quantitative estimate of drug-likeness (QED) is 0.595. The van der Waals surface area contributed by atoms with Gasteiger partial charge in [0, 0.05) is 23.2 Å². The molecule has 0 aromatic carbocycles. The molecule has 0 amide bonds. The van der Waals surface area contributed by atoms with Crippen LogP contribution >= 0.6 is 0 Å². The molecule has 1 saturated carbocycles. The standard InChI is InChI=1S/C19H19F2N5O2/c1-19(3-2-4-19)14(6-15(27)28)25-18-13(21)9-24-17(26-18)12-8-23-16-11(12)5-10(20)7-22-16/h5,7-9,14H,2-4,6H2,1H3,(H,22,23)(H,27,28)(H,24,25,26). The fourth-order valence-electron chi connectivity index (χ4n) is 3.66. The minimum absolute atomic E-state index is 0.0666. The fraction of sp³-hybridized carbons (Fsp3) is 0.368. The molecule has 1 aliphatic rings. The maximum Gasteiger partial charge on any atom is 0.305 e. The number of nitrogens with one attached hydrogen (secondary N) is 2. The summed E-state index contributed by atoms with van der Waals surface area (Å²) in [6.45, 7) is 1.99. The van der Waals surface area contributed by atoms with E-state index in [4.69, 9.17) is 0 Å². The number of carboxylic acid groups (broad SMARTS) is 1. The number of nitrogens with zero attached hydrogens (tertiary/aromatic N) is 3. The SMILES string of the molecule is CC1(C(CC(=O)O)Nc2nc(-c3c[nH]c4ncc(F)cc34)ncc2F)CCC1. The second-order valence-corrected chi connectivity index (χ2v) is 7.44. The monoisotopic (exact) mass is 387 g/mol. The molecule has 0 aliphatic heterocycles. The molecule has 0 saturated heterocycles. The van der Waals surface area contributed by atoms with E-state index in [0.717, 1.165) is 31.7 Å². The lowest BCUT2D eigenvalue weighted by Gasteiger charge is -2.45. The van der Waals surface area contributed by atoms with Crippen LogP contribution in [0, 0.1) is 17.0 Å². The fourth-order valence-corrected chi connectivity index (χ4v) is 3.66. The number of H-pyrrole nitrogens is 1. The lowest BCUT2D eigenvalue weighted by Crippen LogP contribution is -2.45. The van der Waals surface area contributed by atoms with Gasteiger partial charge >= 0.3 is 5.97 Å². The highest BCUT2D eigenvalue weighted by molar-refractivity contribution is 5.91. The number of aromatic amines is 1. The first-order valence-corrected chi connectivity index (χ1v) is 8.99. The van der Waals surface area contributed by atoms with Crippen LogP contribution in [0.1, 0.15) is 32.6 Å². The maximum absolute atomic E-state index is 14.4. The van der Waals surface area contributed by atoms with Crippen LogP contribution in [-0.2, 0) is 4.79 Å². The lowest BCUT2D eigenvalue weighted by atomic mass is 9.64. The van der Waals surface area contributed by atoms with E-state index < -0.39 is 23.6 Å². The van der Waals surface area contributed by atoms with Gasteiger partial charge < -0.3 is 15.4 Å². The molecule has 7 nitrogen and oxygen atoms in total. The topological polar surface area (TPSA) is 104 Å². The molecule has 1 fully saturated rings. The Balaban J connectivity index is 1.70. The molecule has 0 spiro atoms. The Hall–Kier alpha value is -3.10. The van der Waals surface area contributed by atoms with Gasteiger partial charge in [-0.25, -0.2) is 23.7 Å². The van der Waals surface area contributed by atoms with E-state index in [1.807, 2.05) is 6.92 Å². The van der Waals surface area contributed by atoms with Crippen LogP contribution in [0.5, 0.6) is 0 Å². The van der Waals surface area contributed by atoms with E-state index in [1.54, 1.807) is 6.20 Å². The molecule has 28 heavy (non-hydrogen) atoms. The van der Waals surface area contributed by atoms with Crippen molar-refractivity contribution in [1.82, 2.24) is 19.9 Å². The predicted molar refractivity (Wildman–Crippen MR) is 98.7 cm³/mol. The van der Waals surface area contributed by atoms with Gasteiger partial charge in [-0.2, -0.15) is 0 Å². The van der Waals surface area contributed by atoms with E-state index in [-0.39, 0.29) is 23.5 Å². The van der Waals surface area contributed by atoms with Crippen LogP contribution in [0.4, 0.5) is 14.6 Å². The Bertz CT molecular complexity index is 1050. The van der Waals surface area contributed by atoms with Crippen LogP contribution in [-0.4, -0.2) is 37.1 Å². The van der Waals surface area contributed by atoms with Gasteiger partial charge in [0.2, 0.25) is 0 Å². The van der Waals surface area contributed by atoms with E-state index >= 15 is 0 Å². The number of hydrogen-bond acceptors (Lipinski definition) is 5. The molecule has 1 unspecified atom stereocenters. The van der Waals surface area contributed by atoms with E-state index in [2.05, 4.69) is 25.3 Å². The van der Waals surface area contributed by atoms with Gasteiger partial charge in [0.15, 0.2) is 17.5 Å². The summed E-state index contributed by atoms with van der Waals surface area (Å²) < 4.78 is 28.0. The summed E-state index contributed by atoms with van der Waals surface area (Å²) in [7, 11) is 0. The Kier molecular flexibility index (Phi) is 4.44. The molecule has 3 aromatic heterocycles. The van der Waals surface area contributed by atoms with Gasteiger partial charge in [0.1, 0.15) is 11.5 Å². The third kappa shape index (κ3) is 3.28. The van der Waals surface area contributed by atoms with Gasteiger partial charge in [-0.3, -0.25) is 4.79 Å². The minimum atomic E-state index is -0.960. The van der Waals surface area contributed by atoms with Gasteiger partial charge in [0.25, 0.3) is 0 Å². The number of anilines is 1. The van der Waals surface area contributed by atoms with Gasteiger partial charge in [-0.1, -0.05) is 13.3 Å². The summed E-state index contributed by atoms with van der Waals surface area (Å²) in [5.74, 6) is -2.02. The van der Waals surface area contributed by atoms with Crippen molar-refractivity contribution in [3.63, 3.8) is 0 Å². The zero-order valence-corrected chi connectivity index (χ0v) is 15.2. The number of hydrogen-bond donors (Lipinski definition) is 3. The summed E-state index contributed by atoms with van der Waals surface area (Å²) in [6, 6.07) is 0.842. The number of pyridine rings is 1. The molecule has 4 rings (SSSR count). The van der Waals surface area contributed by atoms with Crippen LogP contribution in [0.2, 0.25) is 0 Å². The molecule has 9 heteroatoms. The van der Waals surface area contributed by atoms with E-state index in [1.165, 1.54) is 6.07 Å². The largest absolute Gasteiger partial charge is 0.481 e. The minimum Gasteiger partial charge on any atom is -0.481 e. The molecule has 3 aromatic rings. The van der Waals surface area contributed by atoms with Crippen LogP contribution in [0.3, 0.4) is 0 Å². The molecule has 0 bridgehead atoms. The Morgan fingerprint density at radius 1 is 1.36 bits per heavy atom. The normalized spacial score (nSPS) is 16.5. The van der Waals surface area contributed by atoms with Crippen LogP contribution < -0.4 is 5.32 Å².